The molecule has 1 saturated heterocycles. The van der Waals surface area contributed by atoms with Gasteiger partial charge in [0.1, 0.15) is 11.9 Å². The van der Waals surface area contributed by atoms with Crippen molar-refractivity contribution in [3.8, 4) is 0 Å². The average Bonchev–Trinajstić information content (AvgIpc) is 2.53. The summed E-state index contributed by atoms with van der Waals surface area (Å²) in [6.07, 6.45) is 5.28. The summed E-state index contributed by atoms with van der Waals surface area (Å²) in [5.41, 5.74) is 0.992. The SMILES string of the molecule is CCCCS(=O)(=O)N1CCCC[C@@H]1C(=O)Nc1cc(C)ccn1. The predicted molar refractivity (Wildman–Crippen MR) is 90.6 cm³/mol. The molecule has 1 N–H and O–H groups in total. The predicted octanol–water partition coefficient (Wildman–Crippen LogP) is 2.31. The Morgan fingerprint density at radius 3 is 2.91 bits per heavy atom. The largest absolute Gasteiger partial charge is 0.309 e. The Hall–Kier alpha value is -1.47. The Balaban J connectivity index is 2.12. The second-order valence-corrected chi connectivity index (χ2v) is 8.04. The number of piperidine rings is 1. The lowest BCUT2D eigenvalue weighted by atomic mass is 10.0. The van der Waals surface area contributed by atoms with Crippen LogP contribution in [0.2, 0.25) is 0 Å². The summed E-state index contributed by atoms with van der Waals surface area (Å²) in [4.78, 5) is 16.7. The van der Waals surface area contributed by atoms with E-state index in [9.17, 15) is 13.2 Å². The summed E-state index contributed by atoms with van der Waals surface area (Å²) in [5.74, 6) is 0.282. The lowest BCUT2D eigenvalue weighted by Gasteiger charge is -2.33. The summed E-state index contributed by atoms with van der Waals surface area (Å²) in [6.45, 7) is 4.30. The van der Waals surface area contributed by atoms with E-state index in [-0.39, 0.29) is 11.7 Å². The van der Waals surface area contributed by atoms with E-state index in [2.05, 4.69) is 10.3 Å². The molecule has 0 radical (unpaired) electrons. The molecule has 0 unspecified atom stereocenters. The van der Waals surface area contributed by atoms with Crippen molar-refractivity contribution in [2.24, 2.45) is 0 Å². The normalized spacial score (nSPS) is 19.5. The molecule has 0 aromatic carbocycles. The van der Waals surface area contributed by atoms with E-state index in [1.807, 2.05) is 19.9 Å². The molecule has 0 saturated carbocycles. The van der Waals surface area contributed by atoms with E-state index in [1.165, 1.54) is 4.31 Å². The zero-order valence-electron chi connectivity index (χ0n) is 13.8. The number of hydrogen-bond acceptors (Lipinski definition) is 4. The fourth-order valence-electron chi connectivity index (χ4n) is 2.76. The second-order valence-electron chi connectivity index (χ2n) is 6.00. The minimum Gasteiger partial charge on any atom is -0.309 e. The molecule has 1 aromatic rings. The molecule has 1 amide bonds. The minimum absolute atomic E-state index is 0.107. The van der Waals surface area contributed by atoms with Gasteiger partial charge >= 0.3 is 0 Å². The topological polar surface area (TPSA) is 79.4 Å². The number of aryl methyl sites for hydroxylation is 1. The summed E-state index contributed by atoms with van der Waals surface area (Å²) in [5, 5.41) is 2.75. The number of rotatable bonds is 6. The number of nitrogens with zero attached hydrogens (tertiary/aromatic N) is 2. The molecule has 6 nitrogen and oxygen atoms in total. The highest BCUT2D eigenvalue weighted by Gasteiger charge is 2.36. The zero-order chi connectivity index (χ0) is 16.9. The number of amides is 1. The van der Waals surface area contributed by atoms with Crippen LogP contribution in [0.5, 0.6) is 0 Å². The fraction of sp³-hybridized carbons (Fsp3) is 0.625. The number of pyridine rings is 1. The summed E-state index contributed by atoms with van der Waals surface area (Å²) in [6, 6.07) is 2.99. The van der Waals surface area contributed by atoms with Crippen molar-refractivity contribution in [2.75, 3.05) is 17.6 Å². The van der Waals surface area contributed by atoms with Gasteiger partial charge in [0.05, 0.1) is 5.75 Å². The smallest absolute Gasteiger partial charge is 0.243 e. The number of carbonyl (C=O) groups excluding carboxylic acids is 1. The summed E-state index contributed by atoms with van der Waals surface area (Å²) >= 11 is 0. The van der Waals surface area contributed by atoms with Gasteiger partial charge in [-0.05, 0) is 43.9 Å². The van der Waals surface area contributed by atoms with Crippen LogP contribution in [-0.2, 0) is 14.8 Å². The van der Waals surface area contributed by atoms with Gasteiger partial charge in [0.15, 0.2) is 0 Å². The van der Waals surface area contributed by atoms with Crippen LogP contribution in [0.15, 0.2) is 18.3 Å². The van der Waals surface area contributed by atoms with Crippen LogP contribution in [0.25, 0.3) is 0 Å². The van der Waals surface area contributed by atoms with Gasteiger partial charge in [0, 0.05) is 12.7 Å². The lowest BCUT2D eigenvalue weighted by molar-refractivity contribution is -0.120. The molecule has 23 heavy (non-hydrogen) atoms. The fourth-order valence-corrected chi connectivity index (χ4v) is 4.64. The van der Waals surface area contributed by atoms with Crippen LogP contribution in [0.1, 0.15) is 44.6 Å². The molecule has 1 aliphatic rings. The van der Waals surface area contributed by atoms with Crippen molar-refractivity contribution >= 4 is 21.7 Å². The monoisotopic (exact) mass is 339 g/mol. The summed E-state index contributed by atoms with van der Waals surface area (Å²) < 4.78 is 26.4. The molecule has 7 heteroatoms. The average molecular weight is 339 g/mol. The van der Waals surface area contributed by atoms with Crippen molar-refractivity contribution in [1.82, 2.24) is 9.29 Å². The van der Waals surface area contributed by atoms with Gasteiger partial charge < -0.3 is 5.32 Å². The second kappa shape index (κ2) is 7.88. The number of aromatic nitrogens is 1. The van der Waals surface area contributed by atoms with Crippen molar-refractivity contribution < 1.29 is 13.2 Å². The molecule has 0 bridgehead atoms. The number of hydrogen-bond donors (Lipinski definition) is 1. The molecule has 0 spiro atoms. The first-order chi connectivity index (χ1) is 10.9. The van der Waals surface area contributed by atoms with E-state index in [4.69, 9.17) is 0 Å². The highest BCUT2D eigenvalue weighted by Crippen LogP contribution is 2.22. The van der Waals surface area contributed by atoms with Crippen LogP contribution < -0.4 is 5.32 Å². The van der Waals surface area contributed by atoms with Crippen LogP contribution >= 0.6 is 0 Å². The maximum absolute atomic E-state index is 12.6. The third kappa shape index (κ3) is 4.75. The Morgan fingerprint density at radius 1 is 1.43 bits per heavy atom. The molecule has 0 aliphatic carbocycles. The molecule has 2 heterocycles. The Bertz CT molecular complexity index is 646. The summed E-state index contributed by atoms with van der Waals surface area (Å²) in [7, 11) is -3.39. The highest BCUT2D eigenvalue weighted by atomic mass is 32.2. The molecule has 1 atom stereocenters. The van der Waals surface area contributed by atoms with Crippen molar-refractivity contribution in [3.05, 3.63) is 23.9 Å². The van der Waals surface area contributed by atoms with Gasteiger partial charge in [-0.3, -0.25) is 4.79 Å². The lowest BCUT2D eigenvalue weighted by Crippen LogP contribution is -2.50. The van der Waals surface area contributed by atoms with Gasteiger partial charge in [0.25, 0.3) is 0 Å². The Morgan fingerprint density at radius 2 is 2.22 bits per heavy atom. The first-order valence-electron chi connectivity index (χ1n) is 8.17. The van der Waals surface area contributed by atoms with E-state index >= 15 is 0 Å². The van der Waals surface area contributed by atoms with E-state index in [0.717, 1.165) is 24.8 Å². The third-order valence-corrected chi connectivity index (χ3v) is 5.99. The first-order valence-corrected chi connectivity index (χ1v) is 9.78. The van der Waals surface area contributed by atoms with Crippen LogP contribution in [-0.4, -0.2) is 42.0 Å². The first kappa shape index (κ1) is 17.9. The molecular formula is C16H25N3O3S. The maximum atomic E-state index is 12.6. The van der Waals surface area contributed by atoms with Gasteiger partial charge in [-0.15, -0.1) is 0 Å². The van der Waals surface area contributed by atoms with Crippen molar-refractivity contribution in [1.29, 1.82) is 0 Å². The number of nitrogens with one attached hydrogen (secondary N) is 1. The van der Waals surface area contributed by atoms with Crippen molar-refractivity contribution in [2.45, 2.75) is 52.0 Å². The van der Waals surface area contributed by atoms with Gasteiger partial charge in [0.2, 0.25) is 15.9 Å². The molecule has 128 valence electrons. The Kier molecular flexibility index (Phi) is 6.12. The molecule has 1 fully saturated rings. The van der Waals surface area contributed by atoms with Crippen LogP contribution in [0.4, 0.5) is 5.82 Å². The Labute approximate surface area is 138 Å². The molecule has 2 rings (SSSR count). The zero-order valence-corrected chi connectivity index (χ0v) is 14.6. The van der Waals surface area contributed by atoms with Gasteiger partial charge in [-0.1, -0.05) is 19.8 Å². The van der Waals surface area contributed by atoms with E-state index in [1.54, 1.807) is 12.3 Å². The van der Waals surface area contributed by atoms with E-state index in [0.29, 0.717) is 25.2 Å². The number of carbonyl (C=O) groups is 1. The minimum atomic E-state index is -3.39. The van der Waals surface area contributed by atoms with Crippen molar-refractivity contribution in [3.63, 3.8) is 0 Å². The number of anilines is 1. The molecular weight excluding hydrogens is 314 g/mol. The quantitative estimate of drug-likeness (QED) is 0.862. The molecule has 1 aliphatic heterocycles. The van der Waals surface area contributed by atoms with Gasteiger partial charge in [-0.25, -0.2) is 13.4 Å². The van der Waals surface area contributed by atoms with E-state index < -0.39 is 16.1 Å². The van der Waals surface area contributed by atoms with Crippen LogP contribution in [0, 0.1) is 6.92 Å². The number of unbranched alkanes of at least 4 members (excludes halogenated alkanes) is 1. The van der Waals surface area contributed by atoms with Crippen LogP contribution in [0.3, 0.4) is 0 Å². The highest BCUT2D eigenvalue weighted by molar-refractivity contribution is 7.89. The van der Waals surface area contributed by atoms with Gasteiger partial charge in [-0.2, -0.15) is 4.31 Å². The third-order valence-electron chi connectivity index (χ3n) is 4.04. The maximum Gasteiger partial charge on any atom is 0.243 e. The molecule has 1 aromatic heterocycles. The standard InChI is InChI=1S/C16H25N3O3S/c1-3-4-11-23(21,22)19-10-6-5-7-14(19)16(20)18-15-12-13(2)8-9-17-15/h8-9,12,14H,3-7,10-11H2,1-2H3,(H,17,18,20)/t14-/m1/s1. The number of sulfonamides is 1.